The van der Waals surface area contributed by atoms with Gasteiger partial charge in [0.1, 0.15) is 11.3 Å². The van der Waals surface area contributed by atoms with Gasteiger partial charge in [-0.2, -0.15) is 0 Å². The highest BCUT2D eigenvalue weighted by molar-refractivity contribution is 5.92. The standard InChI is InChI=1S/C28H38N6O3/c1-17-16-33(21-4-5-23(30-15-21)27(2,3)36)8-9-34(17)26-29-7-6-22(31-26)25(35)32-24-19-10-18-11-20(24)14-28(37,12-18)13-19/h4-7,15,17-20,24,36-37H,8-14,16H2,1-3H3,(H,32,35)/t17-,18?,19?,20?,24?,28?/m1/s1. The van der Waals surface area contributed by atoms with Crippen molar-refractivity contribution in [3.05, 3.63) is 42.0 Å². The van der Waals surface area contributed by atoms with E-state index in [9.17, 15) is 15.0 Å². The molecule has 2 aromatic rings. The van der Waals surface area contributed by atoms with E-state index < -0.39 is 11.2 Å². The summed E-state index contributed by atoms with van der Waals surface area (Å²) >= 11 is 0. The molecule has 37 heavy (non-hydrogen) atoms. The van der Waals surface area contributed by atoms with Crippen LogP contribution in [0.25, 0.3) is 0 Å². The molecule has 4 saturated carbocycles. The number of rotatable bonds is 5. The highest BCUT2D eigenvalue weighted by Crippen LogP contribution is 2.55. The van der Waals surface area contributed by atoms with Gasteiger partial charge in [0.2, 0.25) is 5.95 Å². The molecule has 0 radical (unpaired) electrons. The Morgan fingerprint density at radius 2 is 1.86 bits per heavy atom. The molecule has 5 fully saturated rings. The first-order valence-electron chi connectivity index (χ1n) is 13.6. The molecule has 5 aliphatic rings. The smallest absolute Gasteiger partial charge is 0.270 e. The third-order valence-electron chi connectivity index (χ3n) is 9.04. The van der Waals surface area contributed by atoms with Crippen molar-refractivity contribution in [1.82, 2.24) is 20.3 Å². The first kappa shape index (κ1) is 24.6. The molecule has 3 heterocycles. The minimum atomic E-state index is -0.962. The monoisotopic (exact) mass is 506 g/mol. The van der Waals surface area contributed by atoms with E-state index in [1.54, 1.807) is 26.1 Å². The van der Waals surface area contributed by atoms with E-state index >= 15 is 0 Å². The molecule has 9 heteroatoms. The number of pyridine rings is 1. The molecular formula is C28H38N6O3. The number of carbonyl (C=O) groups is 1. The molecule has 4 bridgehead atoms. The lowest BCUT2D eigenvalue weighted by molar-refractivity contribution is -0.136. The number of aliphatic hydroxyl groups is 2. The van der Waals surface area contributed by atoms with Crippen molar-refractivity contribution in [3.8, 4) is 0 Å². The van der Waals surface area contributed by atoms with Crippen molar-refractivity contribution < 1.29 is 15.0 Å². The summed E-state index contributed by atoms with van der Waals surface area (Å²) in [7, 11) is 0. The van der Waals surface area contributed by atoms with Crippen molar-refractivity contribution in [2.24, 2.45) is 17.8 Å². The van der Waals surface area contributed by atoms with Gasteiger partial charge in [-0.05, 0) is 88.8 Å². The summed E-state index contributed by atoms with van der Waals surface area (Å²) in [6.07, 6.45) is 8.25. The van der Waals surface area contributed by atoms with Crippen LogP contribution in [-0.4, -0.2) is 68.4 Å². The van der Waals surface area contributed by atoms with E-state index in [1.807, 2.05) is 18.3 Å². The molecule has 3 N–H and O–H groups in total. The molecular weight excluding hydrogens is 468 g/mol. The zero-order valence-electron chi connectivity index (χ0n) is 22.0. The van der Waals surface area contributed by atoms with Crippen LogP contribution in [0.3, 0.4) is 0 Å². The first-order valence-corrected chi connectivity index (χ1v) is 13.6. The SMILES string of the molecule is C[C@@H]1CN(c2ccc(C(C)(C)O)nc2)CCN1c1nccc(C(=O)NC2C3CC4CC2CC(O)(C4)C3)n1. The van der Waals surface area contributed by atoms with Crippen LogP contribution in [-0.2, 0) is 5.60 Å². The van der Waals surface area contributed by atoms with Gasteiger partial charge in [-0.25, -0.2) is 9.97 Å². The molecule has 2 aromatic heterocycles. The number of amides is 1. The molecule has 1 saturated heterocycles. The lowest BCUT2D eigenvalue weighted by atomic mass is 9.52. The second-order valence-electron chi connectivity index (χ2n) is 12.4. The Hall–Kier alpha value is -2.78. The van der Waals surface area contributed by atoms with Crippen LogP contribution in [0.2, 0.25) is 0 Å². The number of anilines is 2. The van der Waals surface area contributed by atoms with Gasteiger partial charge in [-0.15, -0.1) is 0 Å². The van der Waals surface area contributed by atoms with E-state index in [0.29, 0.717) is 35.1 Å². The highest BCUT2D eigenvalue weighted by Gasteiger charge is 2.55. The summed E-state index contributed by atoms with van der Waals surface area (Å²) in [5.74, 6) is 1.77. The van der Waals surface area contributed by atoms with Crippen molar-refractivity contribution in [3.63, 3.8) is 0 Å². The number of nitrogens with zero attached hydrogens (tertiary/aromatic N) is 5. The number of hydrogen-bond donors (Lipinski definition) is 3. The Morgan fingerprint density at radius 1 is 1.11 bits per heavy atom. The molecule has 0 aromatic carbocycles. The van der Waals surface area contributed by atoms with Crippen LogP contribution in [0.1, 0.15) is 69.1 Å². The zero-order valence-corrected chi connectivity index (χ0v) is 22.0. The second kappa shape index (κ2) is 8.91. The third-order valence-corrected chi connectivity index (χ3v) is 9.04. The summed E-state index contributed by atoms with van der Waals surface area (Å²) in [5.41, 5.74) is 0.602. The van der Waals surface area contributed by atoms with Gasteiger partial charge in [-0.3, -0.25) is 9.78 Å². The fourth-order valence-corrected chi connectivity index (χ4v) is 7.48. The van der Waals surface area contributed by atoms with Crippen molar-refractivity contribution >= 4 is 17.5 Å². The Kier molecular flexibility index (Phi) is 5.91. The second-order valence-corrected chi connectivity index (χ2v) is 12.4. The Labute approximate surface area is 218 Å². The quantitative estimate of drug-likeness (QED) is 0.567. The molecule has 1 aliphatic heterocycles. The predicted octanol–water partition coefficient (Wildman–Crippen LogP) is 2.48. The number of carbonyl (C=O) groups excluding carboxylic acids is 1. The summed E-state index contributed by atoms with van der Waals surface area (Å²) in [4.78, 5) is 31.3. The van der Waals surface area contributed by atoms with Gasteiger partial charge >= 0.3 is 0 Å². The average molecular weight is 507 g/mol. The lowest BCUT2D eigenvalue weighted by Gasteiger charge is -2.58. The summed E-state index contributed by atoms with van der Waals surface area (Å²) in [6, 6.07) is 5.85. The van der Waals surface area contributed by atoms with E-state index in [2.05, 4.69) is 37.0 Å². The molecule has 9 nitrogen and oxygen atoms in total. The number of hydrogen-bond acceptors (Lipinski definition) is 8. The Balaban J connectivity index is 1.11. The van der Waals surface area contributed by atoms with E-state index in [4.69, 9.17) is 0 Å². The summed E-state index contributed by atoms with van der Waals surface area (Å²) in [5, 5.41) is 24.3. The lowest BCUT2D eigenvalue weighted by Crippen LogP contribution is -2.61. The molecule has 1 amide bonds. The molecule has 7 rings (SSSR count). The van der Waals surface area contributed by atoms with Crippen LogP contribution in [0.15, 0.2) is 30.6 Å². The van der Waals surface area contributed by atoms with Crippen LogP contribution in [0, 0.1) is 17.8 Å². The van der Waals surface area contributed by atoms with E-state index in [1.165, 1.54) is 0 Å². The highest BCUT2D eigenvalue weighted by atomic mass is 16.3. The van der Waals surface area contributed by atoms with Gasteiger partial charge in [0.25, 0.3) is 5.91 Å². The van der Waals surface area contributed by atoms with Crippen LogP contribution >= 0.6 is 0 Å². The predicted molar refractivity (Wildman–Crippen MR) is 140 cm³/mol. The van der Waals surface area contributed by atoms with Crippen molar-refractivity contribution in [2.75, 3.05) is 29.4 Å². The third kappa shape index (κ3) is 4.68. The first-order chi connectivity index (χ1) is 17.6. The molecule has 198 valence electrons. The maximum atomic E-state index is 13.3. The largest absolute Gasteiger partial charge is 0.390 e. The summed E-state index contributed by atoms with van der Waals surface area (Å²) in [6.45, 7) is 7.89. The fourth-order valence-electron chi connectivity index (χ4n) is 7.48. The number of nitrogens with one attached hydrogen (secondary N) is 1. The van der Waals surface area contributed by atoms with Crippen molar-refractivity contribution in [1.29, 1.82) is 0 Å². The topological polar surface area (TPSA) is 115 Å². The average Bonchev–Trinajstić information content (AvgIpc) is 2.85. The van der Waals surface area contributed by atoms with Crippen LogP contribution in [0.4, 0.5) is 11.6 Å². The molecule has 3 atom stereocenters. The number of aromatic nitrogens is 3. The van der Waals surface area contributed by atoms with Gasteiger partial charge in [0, 0.05) is 37.9 Å². The Bertz CT molecular complexity index is 1150. The van der Waals surface area contributed by atoms with Gasteiger partial charge in [0.05, 0.1) is 23.2 Å². The minimum absolute atomic E-state index is 0.126. The fraction of sp³-hybridized carbons (Fsp3) is 0.643. The van der Waals surface area contributed by atoms with Crippen LogP contribution < -0.4 is 15.1 Å². The van der Waals surface area contributed by atoms with Crippen LogP contribution in [0.5, 0.6) is 0 Å². The van der Waals surface area contributed by atoms with Gasteiger partial charge in [-0.1, -0.05) is 0 Å². The maximum absolute atomic E-state index is 13.3. The summed E-state index contributed by atoms with van der Waals surface area (Å²) < 4.78 is 0. The van der Waals surface area contributed by atoms with Gasteiger partial charge < -0.3 is 25.3 Å². The normalized spacial score (nSPS) is 33.1. The molecule has 4 aliphatic carbocycles. The number of piperazine rings is 1. The molecule has 2 unspecified atom stereocenters. The van der Waals surface area contributed by atoms with E-state index in [0.717, 1.165) is 57.4 Å². The zero-order chi connectivity index (χ0) is 25.9. The maximum Gasteiger partial charge on any atom is 0.270 e. The van der Waals surface area contributed by atoms with E-state index in [-0.39, 0.29) is 18.0 Å². The minimum Gasteiger partial charge on any atom is -0.390 e. The molecule has 0 spiro atoms. The van der Waals surface area contributed by atoms with Crippen molar-refractivity contribution in [2.45, 2.75) is 76.2 Å². The Morgan fingerprint density at radius 3 is 2.49 bits per heavy atom. The van der Waals surface area contributed by atoms with Gasteiger partial charge in [0.15, 0.2) is 0 Å².